The van der Waals surface area contributed by atoms with E-state index in [4.69, 9.17) is 0 Å². The molecule has 1 aromatic heterocycles. The van der Waals surface area contributed by atoms with Gasteiger partial charge in [0.05, 0.1) is 11.9 Å². The number of carbonyl (C=O) groups excluding carboxylic acids is 2. The summed E-state index contributed by atoms with van der Waals surface area (Å²) in [6.45, 7) is 0. The van der Waals surface area contributed by atoms with Crippen molar-refractivity contribution in [1.29, 1.82) is 0 Å². The molecule has 90 valence electrons. The van der Waals surface area contributed by atoms with E-state index in [-0.39, 0.29) is 11.8 Å². The summed E-state index contributed by atoms with van der Waals surface area (Å²) in [4.78, 5) is 23.0. The predicted octanol–water partition coefficient (Wildman–Crippen LogP) is -0.0332. The van der Waals surface area contributed by atoms with Crippen molar-refractivity contribution in [3.05, 3.63) is 12.4 Å². The number of hydrazone groups is 1. The standard InChI is InChI=1S/C10H13N5O2/c1-14-6-7(5-11-14)12-10(17)8-3-4-9(16)15(2)13-8/h5-6H,3-4H2,1-2H3,(H,12,17). The predicted molar refractivity (Wildman–Crippen MR) is 61.3 cm³/mol. The number of aryl methyl sites for hydroxylation is 1. The maximum atomic E-state index is 11.8. The van der Waals surface area contributed by atoms with Crippen LogP contribution >= 0.6 is 0 Å². The second-order valence-electron chi connectivity index (χ2n) is 3.82. The number of hydrogen-bond acceptors (Lipinski definition) is 4. The van der Waals surface area contributed by atoms with Crippen molar-refractivity contribution in [1.82, 2.24) is 14.8 Å². The first-order chi connectivity index (χ1) is 8.06. The molecule has 0 aromatic carbocycles. The van der Waals surface area contributed by atoms with Crippen LogP contribution in [0.15, 0.2) is 17.5 Å². The van der Waals surface area contributed by atoms with Gasteiger partial charge < -0.3 is 5.32 Å². The van der Waals surface area contributed by atoms with E-state index in [1.807, 2.05) is 0 Å². The summed E-state index contributed by atoms with van der Waals surface area (Å²) >= 11 is 0. The molecule has 0 atom stereocenters. The summed E-state index contributed by atoms with van der Waals surface area (Å²) in [5, 5.41) is 11.7. The summed E-state index contributed by atoms with van der Waals surface area (Å²) in [7, 11) is 3.30. The SMILES string of the molecule is CN1N=C(C(=O)Nc2cnn(C)c2)CCC1=O. The molecule has 2 amide bonds. The largest absolute Gasteiger partial charge is 0.318 e. The lowest BCUT2D eigenvalue weighted by atomic mass is 10.1. The van der Waals surface area contributed by atoms with Crippen molar-refractivity contribution in [2.75, 3.05) is 12.4 Å². The lowest BCUT2D eigenvalue weighted by Gasteiger charge is -2.18. The zero-order valence-electron chi connectivity index (χ0n) is 9.67. The first-order valence-electron chi connectivity index (χ1n) is 5.20. The molecule has 0 fully saturated rings. The number of hydrogen-bond donors (Lipinski definition) is 1. The Morgan fingerprint density at radius 2 is 2.18 bits per heavy atom. The monoisotopic (exact) mass is 235 g/mol. The Morgan fingerprint density at radius 1 is 1.41 bits per heavy atom. The van der Waals surface area contributed by atoms with Crippen LogP contribution in [0.3, 0.4) is 0 Å². The zero-order valence-corrected chi connectivity index (χ0v) is 9.67. The molecule has 0 aliphatic carbocycles. The molecule has 2 rings (SSSR count). The summed E-state index contributed by atoms with van der Waals surface area (Å²) in [5.41, 5.74) is 0.968. The van der Waals surface area contributed by atoms with Gasteiger partial charge in [0, 0.05) is 33.1 Å². The van der Waals surface area contributed by atoms with Gasteiger partial charge in [-0.25, -0.2) is 5.01 Å². The minimum Gasteiger partial charge on any atom is -0.318 e. The molecule has 0 radical (unpaired) electrons. The van der Waals surface area contributed by atoms with E-state index in [2.05, 4.69) is 15.5 Å². The molecule has 0 unspecified atom stereocenters. The molecule has 0 saturated heterocycles. The molecule has 7 nitrogen and oxygen atoms in total. The molecule has 1 aromatic rings. The van der Waals surface area contributed by atoms with Crippen molar-refractivity contribution in [2.45, 2.75) is 12.8 Å². The first kappa shape index (κ1) is 11.3. The second kappa shape index (κ2) is 4.36. The third-order valence-electron chi connectivity index (χ3n) is 2.43. The van der Waals surface area contributed by atoms with Gasteiger partial charge >= 0.3 is 0 Å². The molecule has 7 heteroatoms. The van der Waals surface area contributed by atoms with Crippen LogP contribution in [0.1, 0.15) is 12.8 Å². The van der Waals surface area contributed by atoms with Crippen LogP contribution in [-0.4, -0.2) is 39.4 Å². The van der Waals surface area contributed by atoms with Gasteiger partial charge in [-0.2, -0.15) is 10.2 Å². The highest BCUT2D eigenvalue weighted by atomic mass is 16.2. The molecule has 0 spiro atoms. The Kier molecular flexibility index (Phi) is 2.90. The smallest absolute Gasteiger partial charge is 0.271 e. The molecule has 2 heterocycles. The maximum absolute atomic E-state index is 11.8. The second-order valence-corrected chi connectivity index (χ2v) is 3.82. The number of carbonyl (C=O) groups is 2. The highest BCUT2D eigenvalue weighted by Crippen LogP contribution is 2.10. The molecule has 1 N–H and O–H groups in total. The molecule has 0 bridgehead atoms. The van der Waals surface area contributed by atoms with Gasteiger partial charge in [0.15, 0.2) is 0 Å². The van der Waals surface area contributed by atoms with Crippen LogP contribution in [0, 0.1) is 0 Å². The summed E-state index contributed by atoms with van der Waals surface area (Å²) < 4.78 is 1.59. The third kappa shape index (κ3) is 2.49. The molecule has 17 heavy (non-hydrogen) atoms. The van der Waals surface area contributed by atoms with Crippen LogP contribution in [0.2, 0.25) is 0 Å². The Bertz CT molecular complexity index is 491. The Morgan fingerprint density at radius 3 is 2.76 bits per heavy atom. The molecular formula is C10H13N5O2. The molecule has 1 aliphatic rings. The fourth-order valence-electron chi connectivity index (χ4n) is 1.52. The molecule has 1 aliphatic heterocycles. The van der Waals surface area contributed by atoms with E-state index in [0.29, 0.717) is 24.2 Å². The van der Waals surface area contributed by atoms with E-state index in [9.17, 15) is 9.59 Å². The number of nitrogens with zero attached hydrogens (tertiary/aromatic N) is 4. The molecular weight excluding hydrogens is 222 g/mol. The summed E-state index contributed by atoms with van der Waals surface area (Å²) in [6.07, 6.45) is 3.93. The van der Waals surface area contributed by atoms with E-state index >= 15 is 0 Å². The average Bonchev–Trinajstić information content (AvgIpc) is 2.68. The van der Waals surface area contributed by atoms with Gasteiger partial charge in [-0.1, -0.05) is 0 Å². The normalized spacial score (nSPS) is 15.8. The number of rotatable bonds is 2. The first-order valence-corrected chi connectivity index (χ1v) is 5.20. The van der Waals surface area contributed by atoms with Gasteiger partial charge in [0.1, 0.15) is 5.71 Å². The minimum absolute atomic E-state index is 0.0806. The van der Waals surface area contributed by atoms with Crippen molar-refractivity contribution in [3.8, 4) is 0 Å². The Hall–Kier alpha value is -2.18. The van der Waals surface area contributed by atoms with Gasteiger partial charge in [-0.15, -0.1) is 0 Å². The van der Waals surface area contributed by atoms with Crippen LogP contribution in [0.25, 0.3) is 0 Å². The third-order valence-corrected chi connectivity index (χ3v) is 2.43. The number of aromatic nitrogens is 2. The number of nitrogens with one attached hydrogen (secondary N) is 1. The van der Waals surface area contributed by atoms with Crippen LogP contribution in [-0.2, 0) is 16.6 Å². The Labute approximate surface area is 98.1 Å². The van der Waals surface area contributed by atoms with E-state index in [1.165, 1.54) is 5.01 Å². The van der Waals surface area contributed by atoms with Gasteiger partial charge in [-0.05, 0) is 0 Å². The summed E-state index contributed by atoms with van der Waals surface area (Å²) in [6, 6.07) is 0. The van der Waals surface area contributed by atoms with Gasteiger partial charge in [-0.3, -0.25) is 14.3 Å². The van der Waals surface area contributed by atoms with E-state index in [0.717, 1.165) is 0 Å². The van der Waals surface area contributed by atoms with Crippen molar-refractivity contribution in [3.63, 3.8) is 0 Å². The van der Waals surface area contributed by atoms with Crippen molar-refractivity contribution >= 4 is 23.2 Å². The topological polar surface area (TPSA) is 79.6 Å². The lowest BCUT2D eigenvalue weighted by molar-refractivity contribution is -0.130. The van der Waals surface area contributed by atoms with Crippen LogP contribution in [0.5, 0.6) is 0 Å². The van der Waals surface area contributed by atoms with Crippen LogP contribution < -0.4 is 5.32 Å². The van der Waals surface area contributed by atoms with E-state index < -0.39 is 0 Å². The highest BCUT2D eigenvalue weighted by molar-refractivity contribution is 6.43. The minimum atomic E-state index is -0.294. The average molecular weight is 235 g/mol. The lowest BCUT2D eigenvalue weighted by Crippen LogP contribution is -2.34. The highest BCUT2D eigenvalue weighted by Gasteiger charge is 2.22. The fourth-order valence-corrected chi connectivity index (χ4v) is 1.52. The Balaban J connectivity index is 2.06. The maximum Gasteiger partial charge on any atom is 0.271 e. The fraction of sp³-hybridized carbons (Fsp3) is 0.400. The quantitative estimate of drug-likeness (QED) is 0.781. The number of anilines is 1. The summed E-state index contributed by atoms with van der Waals surface area (Å²) in [5.74, 6) is -0.375. The van der Waals surface area contributed by atoms with Crippen molar-refractivity contribution < 1.29 is 9.59 Å². The molecule has 0 saturated carbocycles. The zero-order chi connectivity index (χ0) is 12.4. The number of amides is 2. The van der Waals surface area contributed by atoms with Crippen LogP contribution in [0.4, 0.5) is 5.69 Å². The van der Waals surface area contributed by atoms with Gasteiger partial charge in [0.2, 0.25) is 5.91 Å². The van der Waals surface area contributed by atoms with Crippen molar-refractivity contribution in [2.24, 2.45) is 12.1 Å². The van der Waals surface area contributed by atoms with E-state index in [1.54, 1.807) is 31.2 Å². The van der Waals surface area contributed by atoms with Gasteiger partial charge in [0.25, 0.3) is 5.91 Å².